The summed E-state index contributed by atoms with van der Waals surface area (Å²) in [5.74, 6) is 0.291. The molecule has 2 rings (SSSR count). The van der Waals surface area contributed by atoms with E-state index in [1.54, 1.807) is 11.3 Å². The van der Waals surface area contributed by atoms with Crippen LogP contribution in [0.3, 0.4) is 0 Å². The van der Waals surface area contributed by atoms with Gasteiger partial charge in [-0.15, -0.1) is 0 Å². The van der Waals surface area contributed by atoms with Crippen molar-refractivity contribution in [2.75, 3.05) is 18.4 Å². The molecule has 3 nitrogen and oxygen atoms in total. The first-order valence-corrected chi connectivity index (χ1v) is 5.84. The molecule has 1 atom stereocenters. The number of hydrogen-bond donors (Lipinski definition) is 2. The molecule has 1 saturated heterocycles. The lowest BCUT2D eigenvalue weighted by Crippen LogP contribution is -2.37. The first-order chi connectivity index (χ1) is 6.86. The van der Waals surface area contributed by atoms with Gasteiger partial charge >= 0.3 is 0 Å². The van der Waals surface area contributed by atoms with Crippen LogP contribution in [0.5, 0.6) is 0 Å². The van der Waals surface area contributed by atoms with Crippen LogP contribution in [0.25, 0.3) is 0 Å². The highest BCUT2D eigenvalue weighted by atomic mass is 32.1. The highest BCUT2D eigenvalue weighted by Gasteiger charge is 2.20. The number of nitrogens with one attached hydrogen (secondary N) is 2. The van der Waals surface area contributed by atoms with Crippen molar-refractivity contribution < 1.29 is 4.79 Å². The summed E-state index contributed by atoms with van der Waals surface area (Å²) in [6, 6.07) is 1.93. The van der Waals surface area contributed by atoms with Crippen LogP contribution in [0.1, 0.15) is 12.8 Å². The first kappa shape index (κ1) is 9.68. The Bertz CT molecular complexity index is 291. The van der Waals surface area contributed by atoms with E-state index in [-0.39, 0.29) is 11.8 Å². The van der Waals surface area contributed by atoms with Gasteiger partial charge in [0.1, 0.15) is 0 Å². The van der Waals surface area contributed by atoms with Gasteiger partial charge in [0, 0.05) is 11.9 Å². The van der Waals surface area contributed by atoms with Crippen LogP contribution in [0.4, 0.5) is 5.69 Å². The van der Waals surface area contributed by atoms with Crippen LogP contribution in [0, 0.1) is 5.92 Å². The van der Waals surface area contributed by atoms with E-state index in [2.05, 4.69) is 10.6 Å². The van der Waals surface area contributed by atoms with E-state index in [0.29, 0.717) is 0 Å². The molecule has 1 fully saturated rings. The molecule has 76 valence electrons. The van der Waals surface area contributed by atoms with Crippen molar-refractivity contribution in [3.8, 4) is 0 Å². The molecule has 1 aromatic heterocycles. The maximum absolute atomic E-state index is 11.7. The minimum Gasteiger partial charge on any atom is -0.325 e. The zero-order chi connectivity index (χ0) is 9.80. The number of carbonyl (C=O) groups excluding carboxylic acids is 1. The molecule has 2 heterocycles. The second-order valence-corrected chi connectivity index (χ2v) is 4.32. The van der Waals surface area contributed by atoms with Crippen molar-refractivity contribution >= 4 is 22.9 Å². The SMILES string of the molecule is O=C(Nc1ccsc1)C1CCCNC1. The average molecular weight is 210 g/mol. The summed E-state index contributed by atoms with van der Waals surface area (Å²) in [4.78, 5) is 11.7. The van der Waals surface area contributed by atoms with Gasteiger partial charge in [-0.25, -0.2) is 0 Å². The van der Waals surface area contributed by atoms with Gasteiger partial charge in [0.25, 0.3) is 0 Å². The van der Waals surface area contributed by atoms with Gasteiger partial charge in [0.15, 0.2) is 0 Å². The third-order valence-electron chi connectivity index (χ3n) is 2.46. The Kier molecular flexibility index (Phi) is 3.16. The van der Waals surface area contributed by atoms with Gasteiger partial charge in [-0.3, -0.25) is 4.79 Å². The highest BCUT2D eigenvalue weighted by Crippen LogP contribution is 2.16. The highest BCUT2D eigenvalue weighted by molar-refractivity contribution is 7.08. The monoisotopic (exact) mass is 210 g/mol. The van der Waals surface area contributed by atoms with E-state index in [0.717, 1.165) is 31.6 Å². The molecule has 4 heteroatoms. The van der Waals surface area contributed by atoms with E-state index in [1.807, 2.05) is 16.8 Å². The van der Waals surface area contributed by atoms with Gasteiger partial charge in [-0.05, 0) is 30.8 Å². The number of carbonyl (C=O) groups is 1. The second-order valence-electron chi connectivity index (χ2n) is 3.54. The number of anilines is 1. The number of rotatable bonds is 2. The number of piperidine rings is 1. The van der Waals surface area contributed by atoms with Crippen LogP contribution >= 0.6 is 11.3 Å². The van der Waals surface area contributed by atoms with Gasteiger partial charge in [-0.2, -0.15) is 11.3 Å². The van der Waals surface area contributed by atoms with E-state index in [9.17, 15) is 4.79 Å². The fraction of sp³-hybridized carbons (Fsp3) is 0.500. The summed E-state index contributed by atoms with van der Waals surface area (Å²) < 4.78 is 0. The number of hydrogen-bond acceptors (Lipinski definition) is 3. The molecule has 0 radical (unpaired) electrons. The molecule has 0 saturated carbocycles. The lowest BCUT2D eigenvalue weighted by atomic mass is 9.99. The fourth-order valence-electron chi connectivity index (χ4n) is 1.66. The quantitative estimate of drug-likeness (QED) is 0.780. The van der Waals surface area contributed by atoms with Gasteiger partial charge in [-0.1, -0.05) is 0 Å². The normalized spacial score (nSPS) is 21.9. The molecule has 0 aromatic carbocycles. The van der Waals surface area contributed by atoms with Crippen LogP contribution < -0.4 is 10.6 Å². The number of amides is 1. The Morgan fingerprint density at radius 1 is 1.64 bits per heavy atom. The number of thiophene rings is 1. The molecule has 1 aliphatic rings. The zero-order valence-corrected chi connectivity index (χ0v) is 8.77. The summed E-state index contributed by atoms with van der Waals surface area (Å²) in [7, 11) is 0. The molecule has 0 bridgehead atoms. The van der Waals surface area contributed by atoms with Gasteiger partial charge in [0.2, 0.25) is 5.91 Å². The summed E-state index contributed by atoms with van der Waals surface area (Å²) in [6.07, 6.45) is 2.10. The smallest absolute Gasteiger partial charge is 0.228 e. The summed E-state index contributed by atoms with van der Waals surface area (Å²) in [5, 5.41) is 10.1. The predicted molar refractivity (Wildman–Crippen MR) is 58.5 cm³/mol. The van der Waals surface area contributed by atoms with E-state index >= 15 is 0 Å². The molecule has 1 aromatic rings. The van der Waals surface area contributed by atoms with Crippen molar-refractivity contribution in [3.05, 3.63) is 16.8 Å². The Morgan fingerprint density at radius 2 is 2.57 bits per heavy atom. The molecular weight excluding hydrogens is 196 g/mol. The summed E-state index contributed by atoms with van der Waals surface area (Å²) in [6.45, 7) is 1.86. The predicted octanol–water partition coefficient (Wildman–Crippen LogP) is 1.69. The van der Waals surface area contributed by atoms with Crippen molar-refractivity contribution in [2.45, 2.75) is 12.8 Å². The topological polar surface area (TPSA) is 41.1 Å². The fourth-order valence-corrected chi connectivity index (χ4v) is 2.24. The third-order valence-corrected chi connectivity index (χ3v) is 3.14. The Labute approximate surface area is 87.5 Å². The molecular formula is C10H14N2OS. The van der Waals surface area contributed by atoms with Crippen LogP contribution in [0.15, 0.2) is 16.8 Å². The summed E-state index contributed by atoms with van der Waals surface area (Å²) in [5.41, 5.74) is 0.922. The van der Waals surface area contributed by atoms with Crippen LogP contribution in [-0.4, -0.2) is 19.0 Å². The molecule has 2 N–H and O–H groups in total. The third kappa shape index (κ3) is 2.33. The minimum atomic E-state index is 0.142. The van der Waals surface area contributed by atoms with E-state index < -0.39 is 0 Å². The molecule has 0 spiro atoms. The van der Waals surface area contributed by atoms with Gasteiger partial charge in [0.05, 0.1) is 11.6 Å². The largest absolute Gasteiger partial charge is 0.325 e. The van der Waals surface area contributed by atoms with Crippen LogP contribution in [0.2, 0.25) is 0 Å². The summed E-state index contributed by atoms with van der Waals surface area (Å²) >= 11 is 1.60. The van der Waals surface area contributed by atoms with E-state index in [1.165, 1.54) is 0 Å². The van der Waals surface area contributed by atoms with Crippen molar-refractivity contribution in [1.29, 1.82) is 0 Å². The molecule has 14 heavy (non-hydrogen) atoms. The Balaban J connectivity index is 1.88. The lowest BCUT2D eigenvalue weighted by molar-refractivity contribution is -0.120. The minimum absolute atomic E-state index is 0.142. The second kappa shape index (κ2) is 4.57. The molecule has 1 amide bonds. The van der Waals surface area contributed by atoms with Crippen molar-refractivity contribution in [1.82, 2.24) is 5.32 Å². The maximum atomic E-state index is 11.7. The Morgan fingerprint density at radius 3 is 3.21 bits per heavy atom. The van der Waals surface area contributed by atoms with Gasteiger partial charge < -0.3 is 10.6 Å². The van der Waals surface area contributed by atoms with Crippen molar-refractivity contribution in [3.63, 3.8) is 0 Å². The standard InChI is InChI=1S/C10H14N2OS/c13-10(8-2-1-4-11-6-8)12-9-3-5-14-7-9/h3,5,7-8,11H,1-2,4,6H2,(H,12,13). The Hall–Kier alpha value is -0.870. The zero-order valence-electron chi connectivity index (χ0n) is 7.95. The van der Waals surface area contributed by atoms with Crippen molar-refractivity contribution in [2.24, 2.45) is 5.92 Å². The average Bonchev–Trinajstić information content (AvgIpc) is 2.72. The molecule has 1 unspecified atom stereocenters. The molecule has 1 aliphatic heterocycles. The van der Waals surface area contributed by atoms with Crippen LogP contribution in [-0.2, 0) is 4.79 Å². The maximum Gasteiger partial charge on any atom is 0.228 e. The van der Waals surface area contributed by atoms with E-state index in [4.69, 9.17) is 0 Å². The molecule has 0 aliphatic carbocycles. The first-order valence-electron chi connectivity index (χ1n) is 4.90. The lowest BCUT2D eigenvalue weighted by Gasteiger charge is -2.21.